The van der Waals surface area contributed by atoms with Gasteiger partial charge in [0.15, 0.2) is 0 Å². The number of Topliss-reactive ketones (excluding diaryl/α,β-unsaturated/α-hetero) is 1. The Labute approximate surface area is 243 Å². The Morgan fingerprint density at radius 2 is 1.59 bits per heavy atom. The molecule has 2 aromatic rings. The summed E-state index contributed by atoms with van der Waals surface area (Å²) in [4.78, 5) is 52.3. The van der Waals surface area contributed by atoms with Gasteiger partial charge in [0.2, 0.25) is 5.91 Å². The third-order valence-electron chi connectivity index (χ3n) is 7.37. The molecule has 9 heteroatoms. The van der Waals surface area contributed by atoms with Gasteiger partial charge in [-0.15, -0.1) is 0 Å². The first-order valence-corrected chi connectivity index (χ1v) is 14.1. The molecular formula is C32H43N3O6. The summed E-state index contributed by atoms with van der Waals surface area (Å²) in [6, 6.07) is 18.7. The van der Waals surface area contributed by atoms with Gasteiger partial charge < -0.3 is 19.2 Å². The number of hydrazine groups is 1. The highest BCUT2D eigenvalue weighted by molar-refractivity contribution is 5.88. The molecule has 0 bridgehead atoms. The molecule has 9 nitrogen and oxygen atoms in total. The van der Waals surface area contributed by atoms with E-state index in [1.807, 2.05) is 65.7 Å². The quantitative estimate of drug-likeness (QED) is 0.271. The van der Waals surface area contributed by atoms with Crippen molar-refractivity contribution in [2.24, 2.45) is 0 Å². The van der Waals surface area contributed by atoms with Crippen molar-refractivity contribution >= 4 is 24.1 Å². The first kappa shape index (κ1) is 32.0. The van der Waals surface area contributed by atoms with Crippen molar-refractivity contribution in [3.8, 4) is 0 Å². The number of rotatable bonds is 12. The summed E-state index contributed by atoms with van der Waals surface area (Å²) in [5.74, 6) is -0.221. The average Bonchev–Trinajstić information content (AvgIpc) is 2.93. The summed E-state index contributed by atoms with van der Waals surface area (Å²) in [5.41, 5.74) is 0.557. The van der Waals surface area contributed by atoms with E-state index in [1.54, 1.807) is 34.6 Å². The van der Waals surface area contributed by atoms with Gasteiger partial charge in [0.1, 0.15) is 24.4 Å². The number of amides is 2. The van der Waals surface area contributed by atoms with Gasteiger partial charge in [0, 0.05) is 19.5 Å². The summed E-state index contributed by atoms with van der Waals surface area (Å²) in [7, 11) is 0. The third kappa shape index (κ3) is 8.71. The first-order valence-electron chi connectivity index (χ1n) is 14.1. The number of hydrogen-bond donors (Lipinski definition) is 0. The van der Waals surface area contributed by atoms with Crippen LogP contribution in [0.25, 0.3) is 0 Å². The Kier molecular flexibility index (Phi) is 11.2. The van der Waals surface area contributed by atoms with Crippen LogP contribution in [0.3, 0.4) is 0 Å². The SMILES string of the molecule is CC(=O)C1(c2ccccc2)CCN(N(C(=O)OC(C)(C)C)C(C)CC(=O)N(CC=O)COCc2ccccc2)CC1. The number of aldehydes is 1. The lowest BCUT2D eigenvalue weighted by molar-refractivity contribution is -0.143. The highest BCUT2D eigenvalue weighted by atomic mass is 16.6. The monoisotopic (exact) mass is 565 g/mol. The van der Waals surface area contributed by atoms with Crippen LogP contribution in [-0.4, -0.2) is 77.0 Å². The minimum Gasteiger partial charge on any atom is -0.443 e. The lowest BCUT2D eigenvalue weighted by Crippen LogP contribution is -2.58. The zero-order chi connectivity index (χ0) is 30.0. The average molecular weight is 566 g/mol. The predicted octanol–water partition coefficient (Wildman–Crippen LogP) is 4.74. The number of nitrogens with zero attached hydrogens (tertiary/aromatic N) is 3. The van der Waals surface area contributed by atoms with Crippen LogP contribution < -0.4 is 0 Å². The second-order valence-electron chi connectivity index (χ2n) is 11.6. The summed E-state index contributed by atoms with van der Waals surface area (Å²) in [5, 5.41) is 3.38. The van der Waals surface area contributed by atoms with E-state index in [0.29, 0.717) is 38.8 Å². The van der Waals surface area contributed by atoms with Gasteiger partial charge in [-0.05, 0) is 58.6 Å². The van der Waals surface area contributed by atoms with E-state index in [0.717, 1.165) is 11.1 Å². The van der Waals surface area contributed by atoms with Crippen LogP contribution in [0, 0.1) is 0 Å². The van der Waals surface area contributed by atoms with Crippen molar-refractivity contribution < 1.29 is 28.7 Å². The van der Waals surface area contributed by atoms with E-state index >= 15 is 0 Å². The zero-order valence-electron chi connectivity index (χ0n) is 24.9. The van der Waals surface area contributed by atoms with E-state index in [9.17, 15) is 19.2 Å². The van der Waals surface area contributed by atoms with Crippen LogP contribution in [0.1, 0.15) is 65.0 Å². The lowest BCUT2D eigenvalue weighted by atomic mass is 9.70. The van der Waals surface area contributed by atoms with Crippen LogP contribution >= 0.6 is 0 Å². The number of benzene rings is 2. The lowest BCUT2D eigenvalue weighted by Gasteiger charge is -2.46. The molecular weight excluding hydrogens is 522 g/mol. The van der Waals surface area contributed by atoms with Crippen molar-refractivity contribution in [3.05, 3.63) is 71.8 Å². The van der Waals surface area contributed by atoms with Gasteiger partial charge in [-0.1, -0.05) is 60.7 Å². The molecule has 1 aliphatic heterocycles. The van der Waals surface area contributed by atoms with Gasteiger partial charge in [0.05, 0.1) is 24.6 Å². The molecule has 0 N–H and O–H groups in total. The number of ether oxygens (including phenoxy) is 2. The zero-order valence-corrected chi connectivity index (χ0v) is 24.9. The predicted molar refractivity (Wildman–Crippen MR) is 156 cm³/mol. The fourth-order valence-electron chi connectivity index (χ4n) is 5.21. The molecule has 1 heterocycles. The number of carbonyl (C=O) groups excluding carboxylic acids is 4. The van der Waals surface area contributed by atoms with Crippen molar-refractivity contribution in [1.82, 2.24) is 14.9 Å². The minimum absolute atomic E-state index is 0.0329. The standard InChI is InChI=1S/C32H43N3O6/c1-25(22-29(38)33(20-21-36)24-40-23-27-12-8-6-9-13-27)35(30(39)41-31(3,4)5)34-18-16-32(17-19-34,26(2)37)28-14-10-7-11-15-28/h6-15,21,25H,16-20,22-24H2,1-5H3. The third-order valence-corrected chi connectivity index (χ3v) is 7.37. The first-order chi connectivity index (χ1) is 19.5. The van der Waals surface area contributed by atoms with E-state index in [2.05, 4.69) is 0 Å². The Balaban J connectivity index is 1.73. The topological polar surface area (TPSA) is 96.5 Å². The molecule has 222 valence electrons. The number of ketones is 1. The molecule has 0 aliphatic carbocycles. The summed E-state index contributed by atoms with van der Waals surface area (Å²) in [6.07, 6.45) is 1.12. The number of carbonyl (C=O) groups is 4. The molecule has 0 aromatic heterocycles. The maximum Gasteiger partial charge on any atom is 0.425 e. The fourth-order valence-corrected chi connectivity index (χ4v) is 5.21. The fraction of sp³-hybridized carbons (Fsp3) is 0.500. The smallest absolute Gasteiger partial charge is 0.425 e. The molecule has 1 fully saturated rings. The molecule has 2 amide bonds. The van der Waals surface area contributed by atoms with E-state index in [4.69, 9.17) is 9.47 Å². The number of piperidine rings is 1. The Bertz CT molecular complexity index is 1160. The van der Waals surface area contributed by atoms with Crippen LogP contribution in [0.5, 0.6) is 0 Å². The molecule has 2 aromatic carbocycles. The van der Waals surface area contributed by atoms with Crippen molar-refractivity contribution in [2.45, 2.75) is 77.5 Å². The molecule has 0 saturated carbocycles. The molecule has 3 rings (SSSR count). The molecule has 41 heavy (non-hydrogen) atoms. The summed E-state index contributed by atoms with van der Waals surface area (Å²) in [6.45, 7) is 9.80. The van der Waals surface area contributed by atoms with Gasteiger partial charge in [-0.3, -0.25) is 9.59 Å². The molecule has 0 radical (unpaired) electrons. The number of hydrogen-bond acceptors (Lipinski definition) is 7. The Morgan fingerprint density at radius 3 is 2.12 bits per heavy atom. The Morgan fingerprint density at radius 1 is 1.00 bits per heavy atom. The van der Waals surface area contributed by atoms with Crippen LogP contribution in [0.15, 0.2) is 60.7 Å². The van der Waals surface area contributed by atoms with E-state index in [-0.39, 0.29) is 31.4 Å². The maximum atomic E-state index is 13.5. The van der Waals surface area contributed by atoms with Crippen LogP contribution in [-0.2, 0) is 35.9 Å². The normalized spacial score (nSPS) is 15.9. The second kappa shape index (κ2) is 14.4. The van der Waals surface area contributed by atoms with Gasteiger partial charge >= 0.3 is 6.09 Å². The van der Waals surface area contributed by atoms with E-state index in [1.165, 1.54) is 9.91 Å². The van der Waals surface area contributed by atoms with Crippen molar-refractivity contribution in [1.29, 1.82) is 0 Å². The highest BCUT2D eigenvalue weighted by Gasteiger charge is 2.43. The van der Waals surface area contributed by atoms with E-state index < -0.39 is 23.2 Å². The van der Waals surface area contributed by atoms with Crippen molar-refractivity contribution in [3.63, 3.8) is 0 Å². The summed E-state index contributed by atoms with van der Waals surface area (Å²) >= 11 is 0. The summed E-state index contributed by atoms with van der Waals surface area (Å²) < 4.78 is 11.4. The Hall–Kier alpha value is -3.56. The van der Waals surface area contributed by atoms with Crippen LogP contribution in [0.2, 0.25) is 0 Å². The maximum absolute atomic E-state index is 13.5. The van der Waals surface area contributed by atoms with Gasteiger partial charge in [-0.25, -0.2) is 14.8 Å². The largest absolute Gasteiger partial charge is 0.443 e. The minimum atomic E-state index is -0.739. The highest BCUT2D eigenvalue weighted by Crippen LogP contribution is 2.37. The molecule has 0 spiro atoms. The van der Waals surface area contributed by atoms with Gasteiger partial charge in [0.25, 0.3) is 0 Å². The van der Waals surface area contributed by atoms with Crippen molar-refractivity contribution in [2.75, 3.05) is 26.4 Å². The molecule has 1 atom stereocenters. The second-order valence-corrected chi connectivity index (χ2v) is 11.6. The molecule has 1 saturated heterocycles. The van der Waals surface area contributed by atoms with Gasteiger partial charge in [-0.2, -0.15) is 0 Å². The van der Waals surface area contributed by atoms with Crippen LogP contribution in [0.4, 0.5) is 4.79 Å². The molecule has 1 aliphatic rings. The molecule has 1 unspecified atom stereocenters.